The maximum Gasteiger partial charge on any atom is 0.217 e. The molecule has 5 rings (SSSR count). The van der Waals surface area contributed by atoms with E-state index < -0.39 is 6.29 Å². The van der Waals surface area contributed by atoms with Crippen LogP contribution in [0.15, 0.2) is 84.3 Å². The number of aliphatic hydroxyl groups is 1. The number of carbonyl (C=O) groups is 1. The van der Waals surface area contributed by atoms with Crippen LogP contribution >= 0.6 is 11.8 Å². The maximum atomic E-state index is 11.5. The van der Waals surface area contributed by atoms with Crippen LogP contribution in [0.2, 0.25) is 0 Å². The molecular formula is C31H34N4O4S. The summed E-state index contributed by atoms with van der Waals surface area (Å²) in [6.45, 7) is 4.15. The zero-order chi connectivity index (χ0) is 28.1. The van der Waals surface area contributed by atoms with Crippen molar-refractivity contribution in [2.24, 2.45) is 13.0 Å². The van der Waals surface area contributed by atoms with Gasteiger partial charge in [-0.15, -0.1) is 10.2 Å². The predicted molar refractivity (Wildman–Crippen MR) is 154 cm³/mol. The van der Waals surface area contributed by atoms with Gasteiger partial charge in [0.15, 0.2) is 11.4 Å². The van der Waals surface area contributed by atoms with Crippen molar-refractivity contribution < 1.29 is 19.4 Å². The number of aryl methyl sites for hydroxylation is 1. The van der Waals surface area contributed by atoms with E-state index in [0.717, 1.165) is 38.5 Å². The van der Waals surface area contributed by atoms with Crippen LogP contribution in [-0.4, -0.2) is 37.6 Å². The SMILES string of the molecule is CC(=O)NCc1ccccc1-c1ccc([C@H]2O[C@@H](CSc3nncn3C)[C@@H](C)[C@@H](c3ccc(CO)cc3)O2)cc1. The number of aliphatic hydroxyl groups excluding tert-OH is 1. The van der Waals surface area contributed by atoms with Crippen molar-refractivity contribution in [1.82, 2.24) is 20.1 Å². The highest BCUT2D eigenvalue weighted by Gasteiger charge is 2.38. The summed E-state index contributed by atoms with van der Waals surface area (Å²) in [6, 6.07) is 24.2. The Hall–Kier alpha value is -3.50. The number of nitrogens with one attached hydrogen (secondary N) is 1. The molecule has 1 aromatic heterocycles. The Balaban J connectivity index is 1.39. The summed E-state index contributed by atoms with van der Waals surface area (Å²) in [4.78, 5) is 11.5. The molecular weight excluding hydrogens is 524 g/mol. The molecule has 1 aliphatic heterocycles. The quantitative estimate of drug-likeness (QED) is 0.273. The fraction of sp³-hybridized carbons (Fsp3) is 0.323. The fourth-order valence-corrected chi connectivity index (χ4v) is 5.92. The van der Waals surface area contributed by atoms with Crippen molar-refractivity contribution in [2.75, 3.05) is 5.75 Å². The lowest BCUT2D eigenvalue weighted by molar-refractivity contribution is -0.268. The molecule has 0 bridgehead atoms. The Bertz CT molecular complexity index is 1420. The molecule has 0 spiro atoms. The molecule has 2 N–H and O–H groups in total. The molecule has 3 aromatic carbocycles. The van der Waals surface area contributed by atoms with Crippen LogP contribution < -0.4 is 5.32 Å². The second kappa shape index (κ2) is 12.8. The van der Waals surface area contributed by atoms with Crippen LogP contribution in [0.4, 0.5) is 0 Å². The lowest BCUT2D eigenvalue weighted by Crippen LogP contribution is -2.38. The first-order valence-corrected chi connectivity index (χ1v) is 14.3. The minimum absolute atomic E-state index is 0.00432. The maximum absolute atomic E-state index is 11.5. The first kappa shape index (κ1) is 28.0. The minimum Gasteiger partial charge on any atom is -0.392 e. The van der Waals surface area contributed by atoms with Crippen molar-refractivity contribution in [3.05, 3.63) is 101 Å². The monoisotopic (exact) mass is 558 g/mol. The highest BCUT2D eigenvalue weighted by molar-refractivity contribution is 7.99. The third-order valence-electron chi connectivity index (χ3n) is 7.21. The van der Waals surface area contributed by atoms with Crippen molar-refractivity contribution in [3.8, 4) is 11.1 Å². The number of carbonyl (C=O) groups excluding carboxylic acids is 1. The van der Waals surface area contributed by atoms with Gasteiger partial charge in [-0.05, 0) is 27.8 Å². The van der Waals surface area contributed by atoms with Gasteiger partial charge in [-0.25, -0.2) is 0 Å². The zero-order valence-corrected chi connectivity index (χ0v) is 23.7. The van der Waals surface area contributed by atoms with Crippen LogP contribution in [0, 0.1) is 5.92 Å². The zero-order valence-electron chi connectivity index (χ0n) is 22.9. The van der Waals surface area contributed by atoms with Crippen molar-refractivity contribution >= 4 is 17.7 Å². The first-order valence-electron chi connectivity index (χ1n) is 13.3. The number of ether oxygens (including phenoxy) is 2. The topological polar surface area (TPSA) is 98.5 Å². The summed E-state index contributed by atoms with van der Waals surface area (Å²) in [7, 11) is 1.93. The summed E-state index contributed by atoms with van der Waals surface area (Å²) in [5.74, 6) is 0.725. The Labute approximate surface area is 238 Å². The number of thioether (sulfide) groups is 1. The van der Waals surface area contributed by atoms with Crippen LogP contribution in [0.3, 0.4) is 0 Å². The van der Waals surface area contributed by atoms with Gasteiger partial charge in [-0.2, -0.15) is 0 Å². The molecule has 9 heteroatoms. The van der Waals surface area contributed by atoms with Crippen molar-refractivity contribution in [3.63, 3.8) is 0 Å². The second-order valence-electron chi connectivity index (χ2n) is 10.0. The van der Waals surface area contributed by atoms with Crippen LogP contribution in [0.25, 0.3) is 11.1 Å². The number of aromatic nitrogens is 3. The Kier molecular flexibility index (Phi) is 8.96. The van der Waals surface area contributed by atoms with Crippen molar-refractivity contribution in [2.45, 2.75) is 50.7 Å². The van der Waals surface area contributed by atoms with Gasteiger partial charge >= 0.3 is 0 Å². The summed E-state index contributed by atoms with van der Waals surface area (Å²) in [6.07, 6.45) is 0.865. The normalized spacial score (nSPS) is 20.8. The number of rotatable bonds is 9. The standard InChI is InChI=1S/C31H34N4O4S/c1-20-28(18-40-31-34-33-19-35(31)3)38-30(39-29(20)24-10-8-22(17-36)9-11-24)25-14-12-23(13-15-25)27-7-5-4-6-26(27)16-32-21(2)37/h4-15,19-20,28-30,36H,16-18H2,1-3H3,(H,32,37)/t20-,28+,29+,30+/m1/s1. The average molecular weight is 559 g/mol. The first-order chi connectivity index (χ1) is 19.4. The molecule has 1 amide bonds. The van der Waals surface area contributed by atoms with Gasteiger partial charge in [0, 0.05) is 37.8 Å². The number of hydrogen-bond acceptors (Lipinski definition) is 7. The minimum atomic E-state index is -0.549. The van der Waals surface area contributed by atoms with E-state index in [-0.39, 0.29) is 30.6 Å². The van der Waals surface area contributed by atoms with E-state index in [1.165, 1.54) is 6.92 Å². The molecule has 2 heterocycles. The molecule has 8 nitrogen and oxygen atoms in total. The summed E-state index contributed by atoms with van der Waals surface area (Å²) in [5.41, 5.74) is 6.03. The molecule has 0 saturated carbocycles. The summed E-state index contributed by atoms with van der Waals surface area (Å²) in [5, 5.41) is 21.4. The highest BCUT2D eigenvalue weighted by atomic mass is 32.2. The van der Waals surface area contributed by atoms with Crippen LogP contribution in [-0.2, 0) is 34.5 Å². The Morgan fingerprint density at radius 1 is 1.02 bits per heavy atom. The van der Waals surface area contributed by atoms with Crippen LogP contribution in [0.1, 0.15) is 48.5 Å². The van der Waals surface area contributed by atoms with E-state index >= 15 is 0 Å². The molecule has 1 aliphatic rings. The van der Waals surface area contributed by atoms with Gasteiger partial charge in [0.25, 0.3) is 0 Å². The van der Waals surface area contributed by atoms with E-state index in [4.69, 9.17) is 9.47 Å². The third kappa shape index (κ3) is 6.45. The van der Waals surface area contributed by atoms with E-state index in [0.29, 0.717) is 12.3 Å². The molecule has 40 heavy (non-hydrogen) atoms. The molecule has 208 valence electrons. The molecule has 4 atom stereocenters. The second-order valence-corrected chi connectivity index (χ2v) is 11.0. The molecule has 1 fully saturated rings. The summed E-state index contributed by atoms with van der Waals surface area (Å²) >= 11 is 1.62. The van der Waals surface area contributed by atoms with Gasteiger partial charge in [0.2, 0.25) is 5.91 Å². The van der Waals surface area contributed by atoms with E-state index in [9.17, 15) is 9.90 Å². The van der Waals surface area contributed by atoms with Crippen molar-refractivity contribution in [1.29, 1.82) is 0 Å². The molecule has 0 radical (unpaired) electrons. The predicted octanol–water partition coefficient (Wildman–Crippen LogP) is 5.19. The molecule has 1 saturated heterocycles. The average Bonchev–Trinajstić information content (AvgIpc) is 3.40. The summed E-state index contributed by atoms with van der Waals surface area (Å²) < 4.78 is 15.1. The van der Waals surface area contributed by atoms with Gasteiger partial charge in [-0.3, -0.25) is 4.79 Å². The lowest BCUT2D eigenvalue weighted by Gasteiger charge is -2.41. The van der Waals surface area contributed by atoms with Gasteiger partial charge in [0.1, 0.15) is 6.33 Å². The molecule has 0 unspecified atom stereocenters. The third-order valence-corrected chi connectivity index (χ3v) is 8.33. The largest absolute Gasteiger partial charge is 0.392 e. The Morgan fingerprint density at radius 2 is 1.75 bits per heavy atom. The molecule has 4 aromatic rings. The van der Waals surface area contributed by atoms with E-state index in [1.54, 1.807) is 18.1 Å². The van der Waals surface area contributed by atoms with E-state index in [2.05, 4.69) is 40.6 Å². The molecule has 0 aliphatic carbocycles. The number of benzene rings is 3. The smallest absolute Gasteiger partial charge is 0.217 e. The van der Waals surface area contributed by atoms with E-state index in [1.807, 2.05) is 66.2 Å². The lowest BCUT2D eigenvalue weighted by atomic mass is 9.91. The fourth-order valence-electron chi connectivity index (χ4n) is 4.87. The number of hydrogen-bond donors (Lipinski definition) is 2. The number of amides is 1. The van der Waals surface area contributed by atoms with Crippen LogP contribution in [0.5, 0.6) is 0 Å². The van der Waals surface area contributed by atoms with Gasteiger partial charge < -0.3 is 24.5 Å². The Morgan fingerprint density at radius 3 is 2.42 bits per heavy atom. The highest BCUT2D eigenvalue weighted by Crippen LogP contribution is 2.43. The van der Waals surface area contributed by atoms with Gasteiger partial charge in [0.05, 0.1) is 18.8 Å². The van der Waals surface area contributed by atoms with Gasteiger partial charge in [-0.1, -0.05) is 91.5 Å². The number of nitrogens with zero attached hydrogens (tertiary/aromatic N) is 3.